The number of nitrogens with zero attached hydrogens (tertiary/aromatic N) is 2. The van der Waals surface area contributed by atoms with Crippen molar-refractivity contribution in [3.8, 4) is 33.4 Å². The zero-order chi connectivity index (χ0) is 49.4. The van der Waals surface area contributed by atoms with Gasteiger partial charge in [0.15, 0.2) is 0 Å². The van der Waals surface area contributed by atoms with E-state index in [-0.39, 0.29) is 0 Å². The maximum Gasteiger partial charge on any atom is 0.0542 e. The zero-order valence-corrected chi connectivity index (χ0v) is 41.7. The fraction of sp³-hybridized carbons (Fsp3) is 0. The van der Waals surface area contributed by atoms with Crippen molar-refractivity contribution < 1.29 is 0 Å². The van der Waals surface area contributed by atoms with Gasteiger partial charge in [-0.2, -0.15) is 0 Å². The van der Waals surface area contributed by atoms with Crippen molar-refractivity contribution in [2.24, 2.45) is 0 Å². The second-order valence-corrected chi connectivity index (χ2v) is 20.6. The molecule has 0 bridgehead atoms. The molecule has 1 aliphatic heterocycles. The summed E-state index contributed by atoms with van der Waals surface area (Å²) in [5.74, 6) is 0. The van der Waals surface area contributed by atoms with Gasteiger partial charge in [-0.25, -0.2) is 0 Å². The lowest BCUT2D eigenvalue weighted by atomic mass is 9.93. The highest BCUT2D eigenvalue weighted by Crippen LogP contribution is 2.53. The number of fused-ring (bicyclic) bond motifs is 18. The number of hydrogen-bond acceptors (Lipinski definition) is 3. The molecule has 0 radical (unpaired) electrons. The molecule has 0 spiro atoms. The minimum atomic E-state index is 1.06. The van der Waals surface area contributed by atoms with E-state index in [9.17, 15) is 0 Å². The van der Waals surface area contributed by atoms with E-state index in [4.69, 9.17) is 0 Å². The Morgan fingerprint density at radius 3 is 1.39 bits per heavy atom. The van der Waals surface area contributed by atoms with E-state index >= 15 is 0 Å². The van der Waals surface area contributed by atoms with E-state index in [0.29, 0.717) is 0 Å². The second kappa shape index (κ2) is 17.6. The van der Waals surface area contributed by atoms with Crippen LogP contribution < -0.4 is 9.80 Å². The third-order valence-corrected chi connectivity index (χ3v) is 16.5. The summed E-state index contributed by atoms with van der Waals surface area (Å²) in [6.45, 7) is 0. The fourth-order valence-corrected chi connectivity index (χ4v) is 13.2. The summed E-state index contributed by atoms with van der Waals surface area (Å²) in [5, 5.41) is 14.7. The first-order chi connectivity index (χ1) is 37.2. The number of thiophene rings is 1. The van der Waals surface area contributed by atoms with Gasteiger partial charge in [0, 0.05) is 53.9 Å². The van der Waals surface area contributed by atoms with E-state index in [0.717, 1.165) is 50.8 Å². The molecule has 1 aromatic heterocycles. The van der Waals surface area contributed by atoms with E-state index < -0.39 is 0 Å². The van der Waals surface area contributed by atoms with Crippen LogP contribution in [0.2, 0.25) is 0 Å². The van der Waals surface area contributed by atoms with Gasteiger partial charge in [0.05, 0.1) is 17.1 Å². The Morgan fingerprint density at radius 2 is 0.707 bits per heavy atom. The molecular weight excluding hydrogens is 925 g/mol. The largest absolute Gasteiger partial charge is 0.310 e. The van der Waals surface area contributed by atoms with Crippen LogP contribution in [0, 0.1) is 0 Å². The first-order valence-electron chi connectivity index (χ1n) is 25.7. The molecule has 1 aliphatic rings. The molecule has 15 rings (SSSR count). The van der Waals surface area contributed by atoms with Gasteiger partial charge in [0.1, 0.15) is 0 Å². The topological polar surface area (TPSA) is 6.48 Å². The van der Waals surface area contributed by atoms with E-state index in [1.807, 2.05) is 11.3 Å². The monoisotopic (exact) mass is 970 g/mol. The highest BCUT2D eigenvalue weighted by atomic mass is 32.1. The van der Waals surface area contributed by atoms with Crippen molar-refractivity contribution in [3.05, 3.63) is 279 Å². The average molecular weight is 971 g/mol. The summed E-state index contributed by atoms with van der Waals surface area (Å²) < 4.78 is 2.58. The van der Waals surface area contributed by atoms with Crippen LogP contribution in [0.5, 0.6) is 0 Å². The molecule has 0 unspecified atom stereocenters. The number of rotatable bonds is 5. The first kappa shape index (κ1) is 43.1. The minimum Gasteiger partial charge on any atom is -0.310 e. The fourth-order valence-electron chi connectivity index (χ4n) is 12.1. The predicted molar refractivity (Wildman–Crippen MR) is 324 cm³/mol. The smallest absolute Gasteiger partial charge is 0.0542 e. The summed E-state index contributed by atoms with van der Waals surface area (Å²) >= 11 is 1.88. The summed E-state index contributed by atoms with van der Waals surface area (Å²) in [6.07, 6.45) is 0. The Labute approximate surface area is 439 Å². The lowest BCUT2D eigenvalue weighted by molar-refractivity contribution is 1.27. The van der Waals surface area contributed by atoms with Crippen molar-refractivity contribution >= 4 is 119 Å². The molecule has 13 aromatic carbocycles. The van der Waals surface area contributed by atoms with Crippen molar-refractivity contribution in [2.45, 2.75) is 0 Å². The van der Waals surface area contributed by atoms with Crippen molar-refractivity contribution in [3.63, 3.8) is 0 Å². The molecule has 0 atom stereocenters. The van der Waals surface area contributed by atoms with Gasteiger partial charge >= 0.3 is 0 Å². The molecule has 0 amide bonds. The van der Waals surface area contributed by atoms with Crippen molar-refractivity contribution in [2.75, 3.05) is 9.80 Å². The van der Waals surface area contributed by atoms with Gasteiger partial charge in [-0.3, -0.25) is 0 Å². The molecule has 14 aromatic rings. The van der Waals surface area contributed by atoms with E-state index in [1.165, 1.54) is 90.7 Å². The van der Waals surface area contributed by atoms with Crippen LogP contribution in [0.1, 0.15) is 0 Å². The highest BCUT2D eigenvalue weighted by molar-refractivity contribution is 7.25. The number of para-hydroxylation sites is 3. The van der Waals surface area contributed by atoms with Gasteiger partial charge in [-0.1, -0.05) is 206 Å². The van der Waals surface area contributed by atoms with Crippen LogP contribution in [0.15, 0.2) is 279 Å². The Balaban J connectivity index is 1.08. The lowest BCUT2D eigenvalue weighted by Crippen LogP contribution is -2.13. The normalized spacial score (nSPS) is 12.0. The Morgan fingerprint density at radius 1 is 0.253 bits per heavy atom. The molecular formula is C72H46N2S. The molecule has 0 fully saturated rings. The van der Waals surface area contributed by atoms with E-state index in [2.05, 4.69) is 289 Å². The summed E-state index contributed by atoms with van der Waals surface area (Å²) in [4.78, 5) is 4.93. The third-order valence-electron chi connectivity index (χ3n) is 15.4. The molecule has 0 saturated carbocycles. The molecule has 3 heteroatoms. The Kier molecular flexibility index (Phi) is 10.1. The molecule has 0 saturated heterocycles. The number of anilines is 6. The van der Waals surface area contributed by atoms with Crippen molar-refractivity contribution in [1.29, 1.82) is 0 Å². The number of benzene rings is 12. The predicted octanol–water partition coefficient (Wildman–Crippen LogP) is 21.2. The van der Waals surface area contributed by atoms with E-state index in [1.54, 1.807) is 0 Å². The van der Waals surface area contributed by atoms with Gasteiger partial charge in [0.2, 0.25) is 0 Å². The molecule has 2 heterocycles. The molecule has 350 valence electrons. The van der Waals surface area contributed by atoms with Crippen LogP contribution >= 0.6 is 11.3 Å². The first-order valence-corrected chi connectivity index (χ1v) is 26.6. The number of hydrogen-bond donors (Lipinski definition) is 0. The summed E-state index contributed by atoms with van der Waals surface area (Å²) in [7, 11) is 0. The lowest BCUT2D eigenvalue weighted by Gasteiger charge is -2.31. The van der Waals surface area contributed by atoms with Crippen LogP contribution in [0.3, 0.4) is 0 Å². The quantitative estimate of drug-likeness (QED) is 0.170. The maximum absolute atomic E-state index is 2.50. The standard InChI is InChI=1S/C72H46N2S/c1-3-21-47(22-4-1)51-25-15-18-36-68(51)73(50-40-42-70-66(44-50)59-33-14-11-30-56(59)61-34-16-19-37-69(61)74(70)48-23-5-2-6-24-48)49-39-41-60-63(43-49)57-31-12-9-28-54(57)52-26-7-8-27-53(52)55-29-10-13-32-58(55)64-45-67-62-35-17-20-38-71(62)75-72(67)46-65(60)64/h1-46H. The van der Waals surface area contributed by atoms with Crippen LogP contribution in [-0.2, 0) is 0 Å². The maximum atomic E-state index is 2.50. The summed E-state index contributed by atoms with van der Waals surface area (Å²) in [6, 6.07) is 103. The second-order valence-electron chi connectivity index (χ2n) is 19.5. The molecule has 0 aliphatic carbocycles. The van der Waals surface area contributed by atoms with Gasteiger partial charge in [0.25, 0.3) is 0 Å². The third kappa shape index (κ3) is 7.01. The SMILES string of the molecule is c1ccc(-c2ccccc2N(c2ccc3c(c2)-c2ccccc2-c2ccccc2N3c2ccccc2)c2ccc3c(c2)c2ccccc2c2ccccc2c2ccccc2c2cc4c(cc32)sc2ccccc24)cc1. The van der Waals surface area contributed by atoms with Gasteiger partial charge in [-0.15, -0.1) is 11.3 Å². The average Bonchev–Trinajstić information content (AvgIpc) is 3.83. The van der Waals surface area contributed by atoms with Crippen LogP contribution in [0.4, 0.5) is 34.1 Å². The minimum absolute atomic E-state index is 1.06. The molecule has 2 nitrogen and oxygen atoms in total. The Hall–Kier alpha value is -9.54. The van der Waals surface area contributed by atoms with Crippen LogP contribution in [-0.4, -0.2) is 0 Å². The van der Waals surface area contributed by atoms with Gasteiger partial charge in [-0.05, 0) is 143 Å². The zero-order valence-electron chi connectivity index (χ0n) is 40.9. The Bertz CT molecular complexity index is 4670. The van der Waals surface area contributed by atoms with Crippen molar-refractivity contribution in [1.82, 2.24) is 0 Å². The van der Waals surface area contributed by atoms with Crippen LogP contribution in [0.25, 0.3) is 107 Å². The molecule has 0 N–H and O–H groups in total. The highest BCUT2D eigenvalue weighted by Gasteiger charge is 2.28. The molecule has 75 heavy (non-hydrogen) atoms. The van der Waals surface area contributed by atoms with Gasteiger partial charge < -0.3 is 9.80 Å². The summed E-state index contributed by atoms with van der Waals surface area (Å²) in [5.41, 5.74) is 13.7.